The molecule has 2 aliphatic rings. The number of allylic oxidation sites excluding steroid dienone is 1. The summed E-state index contributed by atoms with van der Waals surface area (Å²) in [6.07, 6.45) is 10.0. The van der Waals surface area contributed by atoms with Gasteiger partial charge in [-0.1, -0.05) is 97.1 Å². The molecule has 48 heavy (non-hydrogen) atoms. The maximum Gasteiger partial charge on any atom is 0.188 e. The van der Waals surface area contributed by atoms with E-state index in [4.69, 9.17) is 4.98 Å². The molecule has 2 aliphatic heterocycles. The van der Waals surface area contributed by atoms with E-state index >= 15 is 4.57 Å². The number of aromatic nitrogens is 3. The van der Waals surface area contributed by atoms with Crippen LogP contribution in [0.4, 0.5) is 11.5 Å². The lowest BCUT2D eigenvalue weighted by molar-refractivity contribution is 0.592. The van der Waals surface area contributed by atoms with Crippen molar-refractivity contribution >= 4 is 51.2 Å². The van der Waals surface area contributed by atoms with Gasteiger partial charge >= 0.3 is 0 Å². The quantitative estimate of drug-likeness (QED) is 0.196. The van der Waals surface area contributed by atoms with Crippen molar-refractivity contribution in [2.75, 3.05) is 11.4 Å². The summed E-state index contributed by atoms with van der Waals surface area (Å²) in [5, 5.41) is 6.11. The third-order valence-corrected chi connectivity index (χ3v) is 12.2. The number of para-hydroxylation sites is 1. The lowest BCUT2D eigenvalue weighted by Crippen LogP contribution is -2.29. The summed E-state index contributed by atoms with van der Waals surface area (Å²) in [6, 6.07) is 44.4. The van der Waals surface area contributed by atoms with Crippen LogP contribution in [0.5, 0.6) is 0 Å². The molecule has 7 aromatic rings. The number of hydrogen-bond acceptors (Lipinski definition) is 5. The molecule has 5 heterocycles. The van der Waals surface area contributed by atoms with Crippen molar-refractivity contribution in [1.82, 2.24) is 19.9 Å². The fraction of sp³-hybridized carbons (Fsp3) is 0.0244. The lowest BCUT2D eigenvalue weighted by Gasteiger charge is -2.29. The van der Waals surface area contributed by atoms with Gasteiger partial charge in [0.1, 0.15) is 11.3 Å². The van der Waals surface area contributed by atoms with E-state index in [1.807, 2.05) is 104 Å². The van der Waals surface area contributed by atoms with Crippen molar-refractivity contribution in [2.45, 2.75) is 0 Å². The maximum atomic E-state index is 15.4. The first kappa shape index (κ1) is 28.3. The SMILES string of the molecule is O=P(c1ccccc1)(c1ccccc1)c1cccc(N2C3=C(CNC=C3)c3ccc4ccn(-c5ccccc5)c4c3-c3cnccc32)n1. The third kappa shape index (κ3) is 4.38. The second kappa shape index (κ2) is 11.4. The number of rotatable bonds is 5. The number of dihydropyridines is 1. The first-order chi connectivity index (χ1) is 23.7. The van der Waals surface area contributed by atoms with Gasteiger partial charge in [-0.15, -0.1) is 0 Å². The third-order valence-electron chi connectivity index (χ3n) is 9.22. The van der Waals surface area contributed by atoms with Gasteiger partial charge in [-0.25, -0.2) is 4.98 Å². The molecule has 0 aliphatic carbocycles. The van der Waals surface area contributed by atoms with Crippen molar-refractivity contribution < 1.29 is 4.57 Å². The number of nitrogens with zero attached hydrogens (tertiary/aromatic N) is 4. The molecule has 0 radical (unpaired) electrons. The van der Waals surface area contributed by atoms with Crippen LogP contribution in [0.3, 0.4) is 0 Å². The van der Waals surface area contributed by atoms with Crippen LogP contribution in [0.2, 0.25) is 0 Å². The van der Waals surface area contributed by atoms with E-state index in [1.54, 1.807) is 0 Å². The Balaban J connectivity index is 1.31. The van der Waals surface area contributed by atoms with E-state index in [2.05, 4.69) is 80.6 Å². The summed E-state index contributed by atoms with van der Waals surface area (Å²) in [4.78, 5) is 12.1. The van der Waals surface area contributed by atoms with Crippen LogP contribution in [0.25, 0.3) is 33.3 Å². The van der Waals surface area contributed by atoms with Gasteiger partial charge in [0, 0.05) is 63.5 Å². The largest absolute Gasteiger partial charge is 0.387 e. The highest BCUT2D eigenvalue weighted by Crippen LogP contribution is 2.49. The normalized spacial score (nSPS) is 13.8. The van der Waals surface area contributed by atoms with Gasteiger partial charge in [0.25, 0.3) is 0 Å². The molecule has 3 aromatic heterocycles. The number of benzene rings is 4. The Morgan fingerprint density at radius 2 is 1.44 bits per heavy atom. The smallest absolute Gasteiger partial charge is 0.188 e. The minimum Gasteiger partial charge on any atom is -0.387 e. The van der Waals surface area contributed by atoms with Crippen LogP contribution >= 0.6 is 7.14 Å². The van der Waals surface area contributed by atoms with Crippen molar-refractivity contribution in [2.24, 2.45) is 0 Å². The highest BCUT2D eigenvalue weighted by atomic mass is 31.2. The van der Waals surface area contributed by atoms with E-state index < -0.39 is 7.14 Å². The van der Waals surface area contributed by atoms with Gasteiger partial charge in [-0.3, -0.25) is 9.88 Å². The lowest BCUT2D eigenvalue weighted by atomic mass is 9.92. The van der Waals surface area contributed by atoms with E-state index in [0.29, 0.717) is 17.8 Å². The highest BCUT2D eigenvalue weighted by Gasteiger charge is 2.34. The van der Waals surface area contributed by atoms with E-state index in [1.165, 1.54) is 0 Å². The first-order valence-electron chi connectivity index (χ1n) is 16.0. The topological polar surface area (TPSA) is 63.1 Å². The molecule has 9 rings (SSSR count). The van der Waals surface area contributed by atoms with Gasteiger partial charge in [0.15, 0.2) is 7.14 Å². The Hall–Kier alpha value is -5.97. The van der Waals surface area contributed by atoms with Crippen LogP contribution in [-0.4, -0.2) is 21.1 Å². The zero-order valence-corrected chi connectivity index (χ0v) is 26.8. The fourth-order valence-electron chi connectivity index (χ4n) is 7.04. The Morgan fingerprint density at radius 3 is 2.19 bits per heavy atom. The average molecular weight is 640 g/mol. The second-order valence-electron chi connectivity index (χ2n) is 11.9. The molecule has 0 atom stereocenters. The van der Waals surface area contributed by atoms with Crippen LogP contribution < -0.4 is 26.3 Å². The van der Waals surface area contributed by atoms with Crippen LogP contribution in [0.1, 0.15) is 5.56 Å². The summed E-state index contributed by atoms with van der Waals surface area (Å²) in [5.74, 6) is 0.688. The number of fused-ring (bicyclic) bond motifs is 6. The van der Waals surface area contributed by atoms with E-state index in [-0.39, 0.29) is 0 Å². The van der Waals surface area contributed by atoms with Crippen LogP contribution in [0.15, 0.2) is 170 Å². The second-order valence-corrected chi connectivity index (χ2v) is 14.6. The zero-order valence-electron chi connectivity index (χ0n) is 25.9. The molecule has 230 valence electrons. The molecule has 0 spiro atoms. The van der Waals surface area contributed by atoms with Crippen molar-refractivity contribution in [3.8, 4) is 16.8 Å². The Morgan fingerprint density at radius 1 is 0.708 bits per heavy atom. The fourth-order valence-corrected chi connectivity index (χ4v) is 9.59. The predicted molar refractivity (Wildman–Crippen MR) is 196 cm³/mol. The minimum atomic E-state index is -3.31. The predicted octanol–water partition coefficient (Wildman–Crippen LogP) is 7.71. The summed E-state index contributed by atoms with van der Waals surface area (Å²) in [6.45, 7) is 0.639. The number of nitrogens with one attached hydrogen (secondary N) is 1. The Bertz CT molecular complexity index is 2390. The van der Waals surface area contributed by atoms with Gasteiger partial charge in [-0.05, 0) is 54.2 Å². The molecule has 0 saturated heterocycles. The van der Waals surface area contributed by atoms with Gasteiger partial charge in [0.2, 0.25) is 0 Å². The summed E-state index contributed by atoms with van der Waals surface area (Å²) in [5.41, 5.74) is 9.11. The molecule has 6 nitrogen and oxygen atoms in total. The summed E-state index contributed by atoms with van der Waals surface area (Å²) in [7, 11) is -3.31. The standard InChI is InChI=1S/C41H30N5OP/c47-48(31-13-6-2-7-14-31,32-15-8-3-9-16-32)39-18-10-17-38(44-39)46-36-21-24-42-27-34(36)33-20-19-29-23-26-45(30-11-4-1-5-12-30)41(29)40(33)35-28-43-25-22-37(35)46/h1-26,28,42H,27H2. The molecule has 7 heteroatoms. The average Bonchev–Trinajstić information content (AvgIpc) is 3.55. The van der Waals surface area contributed by atoms with Gasteiger partial charge in [-0.2, -0.15) is 0 Å². The molecule has 0 bridgehead atoms. The maximum absolute atomic E-state index is 15.4. The number of hydrogen-bond donors (Lipinski definition) is 1. The van der Waals surface area contributed by atoms with E-state index in [9.17, 15) is 0 Å². The molecular weight excluding hydrogens is 609 g/mol. The summed E-state index contributed by atoms with van der Waals surface area (Å²) >= 11 is 0. The molecule has 4 aromatic carbocycles. The number of anilines is 2. The molecule has 0 unspecified atom stereocenters. The molecule has 1 N–H and O–H groups in total. The van der Waals surface area contributed by atoms with Crippen molar-refractivity contribution in [1.29, 1.82) is 0 Å². The van der Waals surface area contributed by atoms with E-state index in [0.717, 1.165) is 60.8 Å². The zero-order chi connectivity index (χ0) is 32.1. The molecular formula is C41H30N5OP. The van der Waals surface area contributed by atoms with Crippen molar-refractivity contribution in [3.63, 3.8) is 0 Å². The Kier molecular flexibility index (Phi) is 6.70. The van der Waals surface area contributed by atoms with Crippen LogP contribution in [0, 0.1) is 0 Å². The Labute approximate surface area is 278 Å². The number of pyridine rings is 2. The molecule has 0 fully saturated rings. The molecule has 0 saturated carbocycles. The van der Waals surface area contributed by atoms with Crippen molar-refractivity contribution in [3.05, 3.63) is 176 Å². The highest BCUT2D eigenvalue weighted by molar-refractivity contribution is 7.85. The van der Waals surface area contributed by atoms with Crippen LogP contribution in [-0.2, 0) is 4.57 Å². The monoisotopic (exact) mass is 639 g/mol. The molecule has 0 amide bonds. The van der Waals surface area contributed by atoms with Gasteiger partial charge < -0.3 is 14.4 Å². The minimum absolute atomic E-state index is 0.537. The summed E-state index contributed by atoms with van der Waals surface area (Å²) < 4.78 is 17.7. The first-order valence-corrected chi connectivity index (χ1v) is 17.7. The van der Waals surface area contributed by atoms with Gasteiger partial charge in [0.05, 0.1) is 16.9 Å².